The Bertz CT molecular complexity index is 606. The van der Waals surface area contributed by atoms with E-state index in [1.165, 1.54) is 0 Å². The van der Waals surface area contributed by atoms with E-state index in [0.717, 1.165) is 0 Å². The van der Waals surface area contributed by atoms with Gasteiger partial charge in [0, 0.05) is 18.6 Å². The smallest absolute Gasteiger partial charge is 0.187 e. The second-order valence-corrected chi connectivity index (χ2v) is 8.58. The molecule has 2 heterocycles. The molecule has 0 bridgehead atoms. The molecule has 0 aromatic rings. The number of hydrogen-bond acceptors (Lipinski definition) is 14. The molecule has 3 fully saturated rings. The number of hydrogen-bond donors (Lipinski definition) is 10. The van der Waals surface area contributed by atoms with Crippen molar-refractivity contribution < 1.29 is 49.6 Å². The van der Waals surface area contributed by atoms with E-state index in [1.54, 1.807) is 7.05 Å². The lowest BCUT2D eigenvalue weighted by atomic mass is 9.84. The van der Waals surface area contributed by atoms with Crippen LogP contribution in [0, 0.1) is 0 Å². The van der Waals surface area contributed by atoms with Gasteiger partial charge >= 0.3 is 0 Å². The molecule has 14 heteroatoms. The molecule has 3 rings (SSSR count). The van der Waals surface area contributed by atoms with Crippen molar-refractivity contribution in [3.8, 4) is 0 Å². The molecule has 0 aromatic carbocycles. The SMILES string of the molecule is CNC1C(O)COC(OC2C(N)CC(N)C(OC3OC(CN)C(O)C(O)C3O)C2O)C1O. The topological polar surface area (TPSA) is 248 Å². The van der Waals surface area contributed by atoms with Crippen LogP contribution in [0.1, 0.15) is 6.42 Å². The third-order valence-corrected chi connectivity index (χ3v) is 6.37. The monoisotopic (exact) mass is 468 g/mol. The number of nitrogens with two attached hydrogens (primary N) is 3. The molecule has 2 saturated heterocycles. The predicted molar refractivity (Wildman–Crippen MR) is 107 cm³/mol. The Labute approximate surface area is 185 Å². The quantitative estimate of drug-likeness (QED) is 0.174. The van der Waals surface area contributed by atoms with Crippen molar-refractivity contribution in [1.29, 1.82) is 0 Å². The summed E-state index contributed by atoms with van der Waals surface area (Å²) in [6.07, 6.45) is -13.9. The molecule has 14 nitrogen and oxygen atoms in total. The van der Waals surface area contributed by atoms with E-state index >= 15 is 0 Å². The van der Waals surface area contributed by atoms with Crippen molar-refractivity contribution in [2.45, 2.75) is 92.1 Å². The van der Waals surface area contributed by atoms with Gasteiger partial charge in [0.2, 0.25) is 0 Å². The highest BCUT2D eigenvalue weighted by Crippen LogP contribution is 2.30. The number of aliphatic hydroxyl groups excluding tert-OH is 6. The van der Waals surface area contributed by atoms with Crippen LogP contribution in [0.2, 0.25) is 0 Å². The second-order valence-electron chi connectivity index (χ2n) is 8.58. The van der Waals surface area contributed by atoms with Gasteiger partial charge in [0.15, 0.2) is 12.6 Å². The maximum absolute atomic E-state index is 10.9. The summed E-state index contributed by atoms with van der Waals surface area (Å²) in [5.41, 5.74) is 17.8. The highest BCUT2D eigenvalue weighted by Gasteiger charge is 2.50. The highest BCUT2D eigenvalue weighted by molar-refractivity contribution is 5.01. The molecule has 2 aliphatic heterocycles. The first kappa shape index (κ1) is 26.1. The number of rotatable bonds is 6. The van der Waals surface area contributed by atoms with Crippen LogP contribution >= 0.6 is 0 Å². The van der Waals surface area contributed by atoms with Crippen LogP contribution in [0.25, 0.3) is 0 Å². The molecule has 0 radical (unpaired) electrons. The Morgan fingerprint density at radius 3 is 2.00 bits per heavy atom. The highest BCUT2D eigenvalue weighted by atomic mass is 16.7. The summed E-state index contributed by atoms with van der Waals surface area (Å²) < 4.78 is 22.3. The molecule has 0 aromatic heterocycles. The Hall–Kier alpha value is -0.560. The fourth-order valence-electron chi connectivity index (χ4n) is 4.45. The van der Waals surface area contributed by atoms with Gasteiger partial charge in [-0.1, -0.05) is 0 Å². The van der Waals surface area contributed by atoms with Crippen molar-refractivity contribution in [3.05, 3.63) is 0 Å². The fourth-order valence-corrected chi connectivity index (χ4v) is 4.45. The first-order chi connectivity index (χ1) is 15.1. The molecule has 32 heavy (non-hydrogen) atoms. The van der Waals surface area contributed by atoms with E-state index < -0.39 is 85.6 Å². The third kappa shape index (κ3) is 5.08. The van der Waals surface area contributed by atoms with Crippen molar-refractivity contribution in [3.63, 3.8) is 0 Å². The summed E-state index contributed by atoms with van der Waals surface area (Å²) in [4.78, 5) is 0. The Morgan fingerprint density at radius 1 is 0.844 bits per heavy atom. The van der Waals surface area contributed by atoms with Crippen LogP contribution in [0.5, 0.6) is 0 Å². The normalized spacial score (nSPS) is 52.7. The summed E-state index contributed by atoms with van der Waals surface area (Å²) >= 11 is 0. The van der Waals surface area contributed by atoms with Crippen molar-refractivity contribution in [2.75, 3.05) is 20.2 Å². The minimum Gasteiger partial charge on any atom is -0.389 e. The van der Waals surface area contributed by atoms with Gasteiger partial charge in [0.1, 0.15) is 48.8 Å². The van der Waals surface area contributed by atoms with E-state index in [1.807, 2.05) is 0 Å². The minimum absolute atomic E-state index is 0.104. The molecular formula is C18H36N4O10. The second kappa shape index (κ2) is 10.8. The Balaban J connectivity index is 1.70. The van der Waals surface area contributed by atoms with Crippen LogP contribution in [0.4, 0.5) is 0 Å². The minimum atomic E-state index is -1.62. The molecule has 13 N–H and O–H groups in total. The lowest BCUT2D eigenvalue weighted by Gasteiger charge is -2.47. The molecule has 188 valence electrons. The van der Waals surface area contributed by atoms with E-state index in [2.05, 4.69) is 5.32 Å². The first-order valence-corrected chi connectivity index (χ1v) is 10.7. The predicted octanol–water partition coefficient (Wildman–Crippen LogP) is -6.39. The number of likely N-dealkylation sites (N-methyl/N-ethyl adjacent to an activating group) is 1. The molecule has 0 amide bonds. The van der Waals surface area contributed by atoms with Crippen LogP contribution in [-0.4, -0.2) is 136 Å². The van der Waals surface area contributed by atoms with Crippen molar-refractivity contribution >= 4 is 0 Å². The Kier molecular flexibility index (Phi) is 8.79. The van der Waals surface area contributed by atoms with Crippen LogP contribution < -0.4 is 22.5 Å². The van der Waals surface area contributed by atoms with Gasteiger partial charge in [0.25, 0.3) is 0 Å². The van der Waals surface area contributed by atoms with E-state index in [-0.39, 0.29) is 19.6 Å². The van der Waals surface area contributed by atoms with Crippen LogP contribution in [0.15, 0.2) is 0 Å². The maximum atomic E-state index is 10.9. The van der Waals surface area contributed by atoms with Crippen LogP contribution in [-0.2, 0) is 18.9 Å². The number of aliphatic hydroxyl groups is 6. The van der Waals surface area contributed by atoms with Gasteiger partial charge in [-0.2, -0.15) is 0 Å². The largest absolute Gasteiger partial charge is 0.389 e. The maximum Gasteiger partial charge on any atom is 0.187 e. The average Bonchev–Trinajstić information content (AvgIpc) is 2.75. The summed E-state index contributed by atoms with van der Waals surface area (Å²) in [6, 6.07) is -2.23. The van der Waals surface area contributed by atoms with Crippen molar-refractivity contribution in [1.82, 2.24) is 5.32 Å². The van der Waals surface area contributed by atoms with E-state index in [9.17, 15) is 30.6 Å². The van der Waals surface area contributed by atoms with E-state index in [0.29, 0.717) is 0 Å². The molecule has 1 aliphatic carbocycles. The first-order valence-electron chi connectivity index (χ1n) is 10.7. The van der Waals surface area contributed by atoms with Gasteiger partial charge in [-0.05, 0) is 13.5 Å². The molecule has 0 spiro atoms. The zero-order chi connectivity index (χ0) is 23.7. The van der Waals surface area contributed by atoms with Gasteiger partial charge in [-0.15, -0.1) is 0 Å². The van der Waals surface area contributed by atoms with Gasteiger partial charge in [0.05, 0.1) is 18.8 Å². The van der Waals surface area contributed by atoms with Crippen molar-refractivity contribution in [2.24, 2.45) is 17.2 Å². The average molecular weight is 469 g/mol. The fraction of sp³-hybridized carbons (Fsp3) is 1.00. The zero-order valence-corrected chi connectivity index (χ0v) is 17.8. The Morgan fingerprint density at radius 2 is 1.44 bits per heavy atom. The van der Waals surface area contributed by atoms with Gasteiger partial charge in [-0.3, -0.25) is 0 Å². The lowest BCUT2D eigenvalue weighted by Crippen LogP contribution is -2.67. The lowest BCUT2D eigenvalue weighted by molar-refractivity contribution is -0.327. The van der Waals surface area contributed by atoms with Gasteiger partial charge < -0.3 is 72.1 Å². The molecule has 14 unspecified atom stereocenters. The third-order valence-electron chi connectivity index (χ3n) is 6.37. The summed E-state index contributed by atoms with van der Waals surface area (Å²) in [5, 5.41) is 64.4. The van der Waals surface area contributed by atoms with E-state index in [4.69, 9.17) is 36.1 Å². The standard InChI is InChI=1S/C18H36N4O10/c1-22-9-7(23)4-29-17(11(9)25)31-15-5(20)2-6(21)16(14(15)28)32-18-13(27)12(26)10(24)8(3-19)30-18/h5-18,22-28H,2-4,19-21H2,1H3. The summed E-state index contributed by atoms with van der Waals surface area (Å²) in [7, 11) is 1.57. The molecule has 1 saturated carbocycles. The summed E-state index contributed by atoms with van der Waals surface area (Å²) in [6.45, 7) is -0.246. The molecule has 14 atom stereocenters. The zero-order valence-electron chi connectivity index (χ0n) is 17.8. The molecular weight excluding hydrogens is 432 g/mol. The van der Waals surface area contributed by atoms with Crippen LogP contribution in [0.3, 0.4) is 0 Å². The number of ether oxygens (including phenoxy) is 4. The summed E-state index contributed by atoms with van der Waals surface area (Å²) in [5.74, 6) is 0. The molecule has 3 aliphatic rings. The van der Waals surface area contributed by atoms with Gasteiger partial charge in [-0.25, -0.2) is 0 Å². The number of nitrogens with one attached hydrogen (secondary N) is 1.